The third-order valence-corrected chi connectivity index (χ3v) is 3.83. The van der Waals surface area contributed by atoms with E-state index in [1.54, 1.807) is 6.07 Å². The lowest BCUT2D eigenvalue weighted by atomic mass is 9.82. The molecular formula is C14H18ClNO2. The summed E-state index contributed by atoms with van der Waals surface area (Å²) in [6.45, 7) is 2.42. The lowest BCUT2D eigenvalue weighted by Gasteiger charge is -2.35. The van der Waals surface area contributed by atoms with Crippen molar-refractivity contribution in [1.29, 1.82) is 0 Å². The number of benzene rings is 1. The zero-order valence-electron chi connectivity index (χ0n) is 10.7. The Balaban J connectivity index is 2.04. The van der Waals surface area contributed by atoms with Crippen LogP contribution in [0.3, 0.4) is 0 Å². The molecular weight excluding hydrogens is 250 g/mol. The van der Waals surface area contributed by atoms with Crippen LogP contribution in [0.5, 0.6) is 0 Å². The van der Waals surface area contributed by atoms with Crippen LogP contribution in [0.4, 0.5) is 5.69 Å². The number of halogens is 1. The van der Waals surface area contributed by atoms with E-state index in [2.05, 4.69) is 4.90 Å². The van der Waals surface area contributed by atoms with E-state index in [1.165, 1.54) is 6.92 Å². The van der Waals surface area contributed by atoms with Gasteiger partial charge in [0.15, 0.2) is 5.78 Å². The molecule has 1 fully saturated rings. The molecule has 98 valence electrons. The highest BCUT2D eigenvalue weighted by molar-refractivity contribution is 6.34. The Morgan fingerprint density at radius 3 is 2.67 bits per heavy atom. The average molecular weight is 268 g/mol. The summed E-state index contributed by atoms with van der Waals surface area (Å²) in [4.78, 5) is 13.4. The number of rotatable bonds is 4. The fourth-order valence-corrected chi connectivity index (χ4v) is 2.68. The fourth-order valence-electron chi connectivity index (χ4n) is 2.37. The van der Waals surface area contributed by atoms with Crippen LogP contribution in [-0.2, 0) is 0 Å². The van der Waals surface area contributed by atoms with Gasteiger partial charge in [-0.05, 0) is 43.9 Å². The van der Waals surface area contributed by atoms with Crippen LogP contribution >= 0.6 is 11.6 Å². The quantitative estimate of drug-likeness (QED) is 0.853. The Hall–Kier alpha value is -1.06. The van der Waals surface area contributed by atoms with Crippen molar-refractivity contribution in [3.05, 3.63) is 28.8 Å². The largest absolute Gasteiger partial charge is 0.393 e. The Morgan fingerprint density at radius 1 is 1.50 bits per heavy atom. The standard InChI is InChI=1S/C14H18ClNO2/c1-9(17)13-4-3-11(7-14(13)15)16(2)8-10-5-12(18)6-10/h3-4,7,10,12,18H,5-6,8H2,1-2H3. The van der Waals surface area contributed by atoms with E-state index >= 15 is 0 Å². The van der Waals surface area contributed by atoms with Crippen molar-refractivity contribution in [3.8, 4) is 0 Å². The average Bonchev–Trinajstić information content (AvgIpc) is 2.26. The number of hydrogen-bond acceptors (Lipinski definition) is 3. The van der Waals surface area contributed by atoms with Gasteiger partial charge in [-0.3, -0.25) is 4.79 Å². The van der Waals surface area contributed by atoms with E-state index in [0.717, 1.165) is 25.1 Å². The first-order chi connectivity index (χ1) is 8.47. The van der Waals surface area contributed by atoms with Gasteiger partial charge in [0.1, 0.15) is 0 Å². The highest BCUT2D eigenvalue weighted by atomic mass is 35.5. The maximum Gasteiger partial charge on any atom is 0.161 e. The fraction of sp³-hybridized carbons (Fsp3) is 0.500. The zero-order chi connectivity index (χ0) is 13.3. The summed E-state index contributed by atoms with van der Waals surface area (Å²) in [7, 11) is 2.00. The van der Waals surface area contributed by atoms with Gasteiger partial charge >= 0.3 is 0 Å². The van der Waals surface area contributed by atoms with E-state index in [1.807, 2.05) is 19.2 Å². The number of anilines is 1. The highest BCUT2D eigenvalue weighted by Gasteiger charge is 2.28. The predicted octanol–water partition coefficient (Wildman–Crippen LogP) is 2.75. The van der Waals surface area contributed by atoms with Gasteiger partial charge in [-0.25, -0.2) is 0 Å². The molecule has 0 amide bonds. The Bertz CT molecular complexity index is 455. The molecule has 1 aromatic rings. The monoisotopic (exact) mass is 267 g/mol. The number of aliphatic hydroxyl groups excluding tert-OH is 1. The van der Waals surface area contributed by atoms with Gasteiger partial charge in [-0.2, -0.15) is 0 Å². The smallest absolute Gasteiger partial charge is 0.161 e. The first-order valence-electron chi connectivity index (χ1n) is 6.17. The molecule has 0 bridgehead atoms. The summed E-state index contributed by atoms with van der Waals surface area (Å²) in [5.41, 5.74) is 1.57. The normalized spacial score (nSPS) is 22.4. The van der Waals surface area contributed by atoms with Gasteiger partial charge in [0.05, 0.1) is 11.1 Å². The van der Waals surface area contributed by atoms with Crippen molar-refractivity contribution < 1.29 is 9.90 Å². The third kappa shape index (κ3) is 2.85. The Morgan fingerprint density at radius 2 is 2.17 bits per heavy atom. The van der Waals surface area contributed by atoms with E-state index < -0.39 is 0 Å². The van der Waals surface area contributed by atoms with Crippen molar-refractivity contribution >= 4 is 23.1 Å². The molecule has 1 N–H and O–H groups in total. The molecule has 0 atom stereocenters. The topological polar surface area (TPSA) is 40.5 Å². The van der Waals surface area contributed by atoms with Gasteiger partial charge in [-0.15, -0.1) is 0 Å². The number of carbonyl (C=O) groups excluding carboxylic acids is 1. The molecule has 4 heteroatoms. The molecule has 0 aromatic heterocycles. The molecule has 3 nitrogen and oxygen atoms in total. The van der Waals surface area contributed by atoms with Gasteiger partial charge in [0.25, 0.3) is 0 Å². The Kier molecular flexibility index (Phi) is 3.93. The number of nitrogens with zero attached hydrogens (tertiary/aromatic N) is 1. The van der Waals surface area contributed by atoms with Crippen molar-refractivity contribution in [3.63, 3.8) is 0 Å². The number of hydrogen-bond donors (Lipinski definition) is 1. The second kappa shape index (κ2) is 5.29. The SMILES string of the molecule is CC(=O)c1ccc(N(C)CC2CC(O)C2)cc1Cl. The van der Waals surface area contributed by atoms with E-state index in [4.69, 9.17) is 11.6 Å². The minimum Gasteiger partial charge on any atom is -0.393 e. The van der Waals surface area contributed by atoms with Crippen molar-refractivity contribution in [2.75, 3.05) is 18.5 Å². The molecule has 0 saturated heterocycles. The molecule has 2 rings (SSSR count). The van der Waals surface area contributed by atoms with Gasteiger partial charge in [0, 0.05) is 24.8 Å². The van der Waals surface area contributed by atoms with Gasteiger partial charge in [0.2, 0.25) is 0 Å². The van der Waals surface area contributed by atoms with Crippen LogP contribution in [0.1, 0.15) is 30.1 Å². The molecule has 0 spiro atoms. The summed E-state index contributed by atoms with van der Waals surface area (Å²) in [6, 6.07) is 5.51. The minimum absolute atomic E-state index is 0.0173. The number of Topliss-reactive ketones (excluding diaryl/α,β-unsaturated/α-hetero) is 1. The maximum atomic E-state index is 11.3. The van der Waals surface area contributed by atoms with E-state index in [0.29, 0.717) is 16.5 Å². The summed E-state index contributed by atoms with van der Waals surface area (Å²) >= 11 is 6.09. The molecule has 1 aromatic carbocycles. The third-order valence-electron chi connectivity index (χ3n) is 3.52. The molecule has 1 aliphatic rings. The first-order valence-corrected chi connectivity index (χ1v) is 6.55. The first kappa shape index (κ1) is 13.4. The van der Waals surface area contributed by atoms with Crippen molar-refractivity contribution in [2.45, 2.75) is 25.9 Å². The lowest BCUT2D eigenvalue weighted by Crippen LogP contribution is -2.37. The summed E-state index contributed by atoms with van der Waals surface area (Å²) in [6.07, 6.45) is 1.64. The predicted molar refractivity (Wildman–Crippen MR) is 73.5 cm³/mol. The van der Waals surface area contributed by atoms with Crippen LogP contribution in [0.25, 0.3) is 0 Å². The summed E-state index contributed by atoms with van der Waals surface area (Å²) < 4.78 is 0. The molecule has 0 unspecified atom stereocenters. The van der Waals surface area contributed by atoms with Crippen LogP contribution in [0, 0.1) is 5.92 Å². The Labute approximate surface area is 112 Å². The van der Waals surface area contributed by atoms with Crippen LogP contribution in [0.15, 0.2) is 18.2 Å². The number of carbonyl (C=O) groups is 1. The molecule has 1 saturated carbocycles. The van der Waals surface area contributed by atoms with Crippen molar-refractivity contribution in [2.24, 2.45) is 5.92 Å². The number of aliphatic hydroxyl groups is 1. The molecule has 0 radical (unpaired) electrons. The molecule has 0 heterocycles. The summed E-state index contributed by atoms with van der Waals surface area (Å²) in [5, 5.41) is 9.77. The van der Waals surface area contributed by atoms with Crippen LogP contribution in [0.2, 0.25) is 5.02 Å². The highest BCUT2D eigenvalue weighted by Crippen LogP contribution is 2.30. The van der Waals surface area contributed by atoms with Crippen LogP contribution < -0.4 is 4.90 Å². The van der Waals surface area contributed by atoms with E-state index in [-0.39, 0.29) is 11.9 Å². The zero-order valence-corrected chi connectivity index (χ0v) is 11.4. The summed E-state index contributed by atoms with van der Waals surface area (Å²) in [5.74, 6) is 0.535. The van der Waals surface area contributed by atoms with Gasteiger partial charge < -0.3 is 10.0 Å². The van der Waals surface area contributed by atoms with Crippen molar-refractivity contribution in [1.82, 2.24) is 0 Å². The molecule has 0 aliphatic heterocycles. The van der Waals surface area contributed by atoms with E-state index in [9.17, 15) is 9.90 Å². The van der Waals surface area contributed by atoms with Crippen LogP contribution in [-0.4, -0.2) is 30.6 Å². The number of ketones is 1. The molecule has 1 aliphatic carbocycles. The minimum atomic E-state index is -0.118. The second-order valence-electron chi connectivity index (χ2n) is 5.09. The second-order valence-corrected chi connectivity index (χ2v) is 5.50. The van der Waals surface area contributed by atoms with Gasteiger partial charge in [-0.1, -0.05) is 11.6 Å². The molecule has 18 heavy (non-hydrogen) atoms. The maximum absolute atomic E-state index is 11.3. The lowest BCUT2D eigenvalue weighted by molar-refractivity contribution is 0.0465.